The number of carbonyl (C=O) groups is 1. The first-order valence-electron chi connectivity index (χ1n) is 8.14. The summed E-state index contributed by atoms with van der Waals surface area (Å²) < 4.78 is 10.9. The van der Waals surface area contributed by atoms with Crippen LogP contribution < -0.4 is 4.74 Å². The molecule has 0 atom stereocenters. The molecular formula is C21H16N2O3. The Hall–Kier alpha value is -3.60. The predicted octanol–water partition coefficient (Wildman–Crippen LogP) is 4.81. The molecule has 4 rings (SSSR count). The van der Waals surface area contributed by atoms with E-state index in [-0.39, 0.29) is 0 Å². The summed E-state index contributed by atoms with van der Waals surface area (Å²) in [5.74, 6) is 1.07. The summed E-state index contributed by atoms with van der Waals surface area (Å²) >= 11 is 0. The highest BCUT2D eigenvalue weighted by Gasteiger charge is 2.15. The van der Waals surface area contributed by atoms with Crippen LogP contribution in [0.1, 0.15) is 10.4 Å². The van der Waals surface area contributed by atoms with Gasteiger partial charge < -0.3 is 14.5 Å². The summed E-state index contributed by atoms with van der Waals surface area (Å²) in [4.78, 5) is 19.4. The maximum atomic E-state index is 11.9. The van der Waals surface area contributed by atoms with Crippen LogP contribution in [0.15, 0.2) is 73.1 Å². The van der Waals surface area contributed by atoms with E-state index in [2.05, 4.69) is 9.97 Å². The van der Waals surface area contributed by atoms with Gasteiger partial charge in [-0.15, -0.1) is 0 Å². The van der Waals surface area contributed by atoms with Gasteiger partial charge in [0.1, 0.15) is 17.1 Å². The van der Waals surface area contributed by atoms with Crippen LogP contribution in [0.2, 0.25) is 0 Å². The first-order chi connectivity index (χ1) is 12.8. The highest BCUT2D eigenvalue weighted by atomic mass is 16.5. The quantitative estimate of drug-likeness (QED) is 0.540. The Balaban J connectivity index is 1.79. The van der Waals surface area contributed by atoms with Gasteiger partial charge in [-0.05, 0) is 24.3 Å². The lowest BCUT2D eigenvalue weighted by Crippen LogP contribution is -1.99. The number of H-pyrrole nitrogens is 1. The summed E-state index contributed by atoms with van der Waals surface area (Å²) in [6.07, 6.45) is 3.37. The summed E-state index contributed by atoms with van der Waals surface area (Å²) in [6, 6.07) is 19.2. The van der Waals surface area contributed by atoms with Crippen LogP contribution >= 0.6 is 0 Å². The van der Waals surface area contributed by atoms with E-state index >= 15 is 0 Å². The summed E-state index contributed by atoms with van der Waals surface area (Å²) in [5.41, 5.74) is 2.84. The van der Waals surface area contributed by atoms with Crippen LogP contribution in [0.5, 0.6) is 11.5 Å². The van der Waals surface area contributed by atoms with Crippen molar-refractivity contribution < 1.29 is 14.3 Å². The van der Waals surface area contributed by atoms with E-state index in [1.54, 1.807) is 12.4 Å². The third-order valence-electron chi connectivity index (χ3n) is 4.11. The molecule has 5 nitrogen and oxygen atoms in total. The SMILES string of the molecule is COC(=O)c1c[nH]c2ncc(-c3ccccc3Oc3ccccc3)cc12. The van der Waals surface area contributed by atoms with Crippen molar-refractivity contribution in [3.05, 3.63) is 78.6 Å². The molecule has 26 heavy (non-hydrogen) atoms. The van der Waals surface area contributed by atoms with Crippen molar-refractivity contribution in [2.75, 3.05) is 7.11 Å². The zero-order valence-corrected chi connectivity index (χ0v) is 14.1. The van der Waals surface area contributed by atoms with Gasteiger partial charge in [0.25, 0.3) is 0 Å². The number of pyridine rings is 1. The minimum Gasteiger partial charge on any atom is -0.465 e. The van der Waals surface area contributed by atoms with E-state index in [9.17, 15) is 4.79 Å². The third-order valence-corrected chi connectivity index (χ3v) is 4.11. The summed E-state index contributed by atoms with van der Waals surface area (Å²) in [6.45, 7) is 0. The molecular weight excluding hydrogens is 328 g/mol. The standard InChI is InChI=1S/C21H16N2O3/c1-25-21(24)18-13-23-20-17(18)11-14(12-22-20)16-9-5-6-10-19(16)26-15-7-3-2-4-8-15/h2-13H,1H3,(H,22,23). The van der Waals surface area contributed by atoms with E-state index in [4.69, 9.17) is 9.47 Å². The second-order valence-corrected chi connectivity index (χ2v) is 5.73. The fourth-order valence-corrected chi connectivity index (χ4v) is 2.84. The number of rotatable bonds is 4. The normalized spacial score (nSPS) is 10.7. The highest BCUT2D eigenvalue weighted by molar-refractivity contribution is 6.04. The van der Waals surface area contributed by atoms with Gasteiger partial charge >= 0.3 is 5.97 Å². The zero-order chi connectivity index (χ0) is 17.9. The van der Waals surface area contributed by atoms with Crippen LogP contribution in [0.4, 0.5) is 0 Å². The van der Waals surface area contributed by atoms with E-state index < -0.39 is 5.97 Å². The fourth-order valence-electron chi connectivity index (χ4n) is 2.84. The van der Waals surface area contributed by atoms with Crippen LogP contribution in [0, 0.1) is 0 Å². The first kappa shape index (κ1) is 15.9. The Bertz CT molecular complexity index is 1070. The number of nitrogens with zero attached hydrogens (tertiary/aromatic N) is 1. The monoisotopic (exact) mass is 344 g/mol. The molecule has 0 amide bonds. The predicted molar refractivity (Wildman–Crippen MR) is 99.4 cm³/mol. The molecule has 0 radical (unpaired) electrons. The van der Waals surface area contributed by atoms with Crippen molar-refractivity contribution >= 4 is 17.0 Å². The number of fused-ring (bicyclic) bond motifs is 1. The van der Waals surface area contributed by atoms with E-state index in [0.717, 1.165) is 22.6 Å². The number of hydrogen-bond donors (Lipinski definition) is 1. The number of methoxy groups -OCH3 is 1. The van der Waals surface area contributed by atoms with E-state index in [1.165, 1.54) is 7.11 Å². The van der Waals surface area contributed by atoms with Crippen molar-refractivity contribution in [2.45, 2.75) is 0 Å². The molecule has 2 aromatic heterocycles. The molecule has 128 valence electrons. The Kier molecular flexibility index (Phi) is 4.11. The minimum absolute atomic E-state index is 0.399. The van der Waals surface area contributed by atoms with Gasteiger partial charge in [0, 0.05) is 28.9 Å². The molecule has 5 heteroatoms. The van der Waals surface area contributed by atoms with Crippen molar-refractivity contribution in [3.63, 3.8) is 0 Å². The molecule has 0 aliphatic rings. The van der Waals surface area contributed by atoms with Gasteiger partial charge in [-0.3, -0.25) is 0 Å². The third kappa shape index (κ3) is 2.91. The number of ether oxygens (including phenoxy) is 2. The van der Waals surface area contributed by atoms with Crippen molar-refractivity contribution in [1.82, 2.24) is 9.97 Å². The maximum absolute atomic E-state index is 11.9. The number of nitrogens with one attached hydrogen (secondary N) is 1. The second-order valence-electron chi connectivity index (χ2n) is 5.73. The smallest absolute Gasteiger partial charge is 0.340 e. The van der Waals surface area contributed by atoms with Crippen LogP contribution in [-0.2, 0) is 4.74 Å². The first-order valence-corrected chi connectivity index (χ1v) is 8.14. The number of hydrogen-bond acceptors (Lipinski definition) is 4. The lowest BCUT2D eigenvalue weighted by molar-refractivity contribution is 0.0603. The minimum atomic E-state index is -0.399. The average Bonchev–Trinajstić information content (AvgIpc) is 3.12. The molecule has 0 bridgehead atoms. The summed E-state index contributed by atoms with van der Waals surface area (Å²) in [7, 11) is 1.36. The highest BCUT2D eigenvalue weighted by Crippen LogP contribution is 2.34. The Morgan fingerprint density at radius 3 is 2.62 bits per heavy atom. The molecule has 0 fully saturated rings. The van der Waals surface area contributed by atoms with Crippen LogP contribution in [0.25, 0.3) is 22.2 Å². The second kappa shape index (κ2) is 6.72. The van der Waals surface area contributed by atoms with Crippen LogP contribution in [-0.4, -0.2) is 23.0 Å². The number of esters is 1. The molecule has 2 aromatic carbocycles. The molecule has 4 aromatic rings. The molecule has 1 N–H and O–H groups in total. The molecule has 0 aliphatic carbocycles. The topological polar surface area (TPSA) is 64.2 Å². The largest absolute Gasteiger partial charge is 0.465 e. The lowest BCUT2D eigenvalue weighted by Gasteiger charge is -2.11. The van der Waals surface area contributed by atoms with E-state index in [0.29, 0.717) is 16.6 Å². The van der Waals surface area contributed by atoms with Gasteiger partial charge in [-0.2, -0.15) is 0 Å². The fraction of sp³-hybridized carbons (Fsp3) is 0.0476. The van der Waals surface area contributed by atoms with Gasteiger partial charge in [0.15, 0.2) is 0 Å². The van der Waals surface area contributed by atoms with Gasteiger partial charge in [0.2, 0.25) is 0 Å². The van der Waals surface area contributed by atoms with Crippen molar-refractivity contribution in [2.24, 2.45) is 0 Å². The molecule has 0 spiro atoms. The van der Waals surface area contributed by atoms with Gasteiger partial charge in [-0.1, -0.05) is 36.4 Å². The Morgan fingerprint density at radius 1 is 1.04 bits per heavy atom. The Labute approximate surface area is 150 Å². The zero-order valence-electron chi connectivity index (χ0n) is 14.1. The molecule has 0 unspecified atom stereocenters. The van der Waals surface area contributed by atoms with Crippen molar-refractivity contribution in [1.29, 1.82) is 0 Å². The molecule has 0 saturated carbocycles. The lowest BCUT2D eigenvalue weighted by atomic mass is 10.0. The van der Waals surface area contributed by atoms with Crippen LogP contribution in [0.3, 0.4) is 0 Å². The number of aromatic nitrogens is 2. The van der Waals surface area contributed by atoms with Gasteiger partial charge in [0.05, 0.1) is 12.7 Å². The Morgan fingerprint density at radius 2 is 1.81 bits per heavy atom. The number of para-hydroxylation sites is 2. The average molecular weight is 344 g/mol. The molecule has 0 saturated heterocycles. The van der Waals surface area contributed by atoms with Gasteiger partial charge in [-0.25, -0.2) is 9.78 Å². The number of aromatic amines is 1. The molecule has 0 aliphatic heterocycles. The van der Waals surface area contributed by atoms with E-state index in [1.807, 2.05) is 60.7 Å². The molecule has 2 heterocycles. The van der Waals surface area contributed by atoms with Crippen molar-refractivity contribution in [3.8, 4) is 22.6 Å². The summed E-state index contributed by atoms with van der Waals surface area (Å²) in [5, 5.41) is 0.712. The number of benzene rings is 2. The number of carbonyl (C=O) groups excluding carboxylic acids is 1. The maximum Gasteiger partial charge on any atom is 0.340 e.